The van der Waals surface area contributed by atoms with Crippen molar-refractivity contribution < 1.29 is 9.47 Å². The molecule has 0 amide bonds. The van der Waals surface area contributed by atoms with Crippen molar-refractivity contribution in [1.29, 1.82) is 0 Å². The van der Waals surface area contributed by atoms with Gasteiger partial charge in [-0.15, -0.1) is 0 Å². The molecule has 0 N–H and O–H groups in total. The van der Waals surface area contributed by atoms with Crippen LogP contribution in [0.25, 0.3) is 0 Å². The molecule has 54 heavy (non-hydrogen) atoms. The number of aliphatic imine (C=N–C) groups is 2. The molecule has 0 aromatic heterocycles. The van der Waals surface area contributed by atoms with Crippen molar-refractivity contribution in [1.82, 2.24) is 0 Å². The summed E-state index contributed by atoms with van der Waals surface area (Å²) in [7, 11) is 0. The van der Waals surface area contributed by atoms with Crippen molar-refractivity contribution in [2.75, 3.05) is 13.2 Å². The lowest BCUT2D eigenvalue weighted by Gasteiger charge is -2.43. The summed E-state index contributed by atoms with van der Waals surface area (Å²) in [5.74, 6) is 2.38. The second kappa shape index (κ2) is 13.6. The number of hydrogen-bond acceptors (Lipinski definition) is 4. The molecule has 6 aliphatic carbocycles. The van der Waals surface area contributed by atoms with Crippen molar-refractivity contribution >= 4 is 23.8 Å². The van der Waals surface area contributed by atoms with Crippen LogP contribution in [-0.2, 0) is 0 Å². The third-order valence-electron chi connectivity index (χ3n) is 12.1. The van der Waals surface area contributed by atoms with Gasteiger partial charge in [-0.1, -0.05) is 124 Å². The van der Waals surface area contributed by atoms with Crippen LogP contribution < -0.4 is 9.47 Å². The molecular formula is C50H44N2O2. The Balaban J connectivity index is 1.06. The maximum absolute atomic E-state index is 6.55. The SMILES string of the molecule is CCCCOc1ccc(N=CC=Nc2ccc(OCCCC)c3c2C2c4ccccc4C3c3ccccc32)c2c1C1c3ccccc3C2c2ccccc21. The van der Waals surface area contributed by atoms with Gasteiger partial charge in [-0.2, -0.15) is 0 Å². The monoisotopic (exact) mass is 704 g/mol. The van der Waals surface area contributed by atoms with Crippen molar-refractivity contribution in [3.8, 4) is 11.5 Å². The average Bonchev–Trinajstić information content (AvgIpc) is 3.23. The van der Waals surface area contributed by atoms with Crippen LogP contribution in [0.4, 0.5) is 11.4 Å². The highest BCUT2D eigenvalue weighted by atomic mass is 16.5. The molecule has 12 rings (SSSR count). The maximum atomic E-state index is 6.55. The van der Waals surface area contributed by atoms with E-state index in [1.54, 1.807) is 0 Å². The molecule has 0 saturated carbocycles. The third-order valence-corrected chi connectivity index (χ3v) is 12.1. The van der Waals surface area contributed by atoms with Gasteiger partial charge in [0.25, 0.3) is 0 Å². The van der Waals surface area contributed by atoms with Gasteiger partial charge in [0.15, 0.2) is 0 Å². The summed E-state index contributed by atoms with van der Waals surface area (Å²) in [6.07, 6.45) is 8.02. The van der Waals surface area contributed by atoms with E-state index in [4.69, 9.17) is 19.5 Å². The average molecular weight is 705 g/mol. The van der Waals surface area contributed by atoms with Crippen LogP contribution in [0.5, 0.6) is 11.5 Å². The Morgan fingerprint density at radius 1 is 0.407 bits per heavy atom. The highest BCUT2D eigenvalue weighted by molar-refractivity contribution is 6.17. The van der Waals surface area contributed by atoms with Crippen LogP contribution in [0.15, 0.2) is 131 Å². The van der Waals surface area contributed by atoms with Gasteiger partial charge < -0.3 is 9.47 Å². The first-order valence-electron chi connectivity index (χ1n) is 19.8. The Morgan fingerprint density at radius 2 is 0.704 bits per heavy atom. The third kappa shape index (κ3) is 5.03. The van der Waals surface area contributed by atoms with E-state index in [2.05, 4.69) is 135 Å². The number of ether oxygens (including phenoxy) is 2. The Kier molecular flexibility index (Phi) is 8.27. The summed E-state index contributed by atoms with van der Waals surface area (Å²) in [6.45, 7) is 5.84. The molecule has 4 heteroatoms. The van der Waals surface area contributed by atoms with E-state index in [0.717, 1.165) is 48.6 Å². The fraction of sp³-hybridized carbons (Fsp3) is 0.240. The van der Waals surface area contributed by atoms with Crippen LogP contribution in [0.3, 0.4) is 0 Å². The molecule has 0 atom stereocenters. The van der Waals surface area contributed by atoms with Gasteiger partial charge >= 0.3 is 0 Å². The Labute approximate surface area is 318 Å². The topological polar surface area (TPSA) is 43.2 Å². The fourth-order valence-corrected chi connectivity index (χ4v) is 9.83. The highest BCUT2D eigenvalue weighted by Crippen LogP contribution is 2.61. The van der Waals surface area contributed by atoms with E-state index in [-0.39, 0.29) is 23.7 Å². The molecule has 0 unspecified atom stereocenters. The minimum absolute atomic E-state index is 0.0965. The molecule has 6 aromatic carbocycles. The standard InChI is InChI=1S/C50H44N2O2/c1-3-5-29-53-41-25-23-39(47-43-31-15-7-11-19-35(31)45(49(41)47)36-20-12-8-16-32(36)43)51-27-28-52-40-24-26-42(54-30-6-4-2)50-46-37-21-13-9-17-33(37)44(48(40)50)34-18-10-14-22-38(34)46/h7-28,43-46H,3-6,29-30H2,1-2H3. The van der Waals surface area contributed by atoms with Crippen molar-refractivity contribution in [3.05, 3.63) is 188 Å². The zero-order chi connectivity index (χ0) is 36.2. The zero-order valence-electron chi connectivity index (χ0n) is 31.0. The minimum Gasteiger partial charge on any atom is -0.493 e. The Morgan fingerprint density at radius 3 is 1.00 bits per heavy atom. The number of unbranched alkanes of at least 4 members (excludes halogenated alkanes) is 2. The van der Waals surface area contributed by atoms with Crippen molar-refractivity contribution in [3.63, 3.8) is 0 Å². The van der Waals surface area contributed by atoms with Crippen LogP contribution in [0.2, 0.25) is 0 Å². The van der Waals surface area contributed by atoms with Crippen LogP contribution >= 0.6 is 0 Å². The smallest absolute Gasteiger partial charge is 0.123 e. The Hall–Kier alpha value is -5.74. The summed E-state index contributed by atoms with van der Waals surface area (Å²) in [4.78, 5) is 10.4. The minimum atomic E-state index is 0.0965. The van der Waals surface area contributed by atoms with Gasteiger partial charge in [0.05, 0.1) is 24.6 Å². The molecule has 0 spiro atoms. The number of nitrogens with zero attached hydrogens (tertiary/aromatic N) is 2. The van der Waals surface area contributed by atoms with E-state index < -0.39 is 0 Å². The summed E-state index contributed by atoms with van der Waals surface area (Å²) in [6, 6.07) is 44.3. The predicted octanol–water partition coefficient (Wildman–Crippen LogP) is 12.1. The summed E-state index contributed by atoms with van der Waals surface area (Å²) < 4.78 is 13.1. The van der Waals surface area contributed by atoms with E-state index >= 15 is 0 Å². The molecule has 6 aromatic rings. The molecule has 6 aliphatic rings. The number of rotatable bonds is 11. The van der Waals surface area contributed by atoms with Crippen molar-refractivity contribution in [2.45, 2.75) is 63.2 Å². The molecule has 0 radical (unpaired) electrons. The lowest BCUT2D eigenvalue weighted by Crippen LogP contribution is -2.28. The van der Waals surface area contributed by atoms with Crippen LogP contribution in [0.1, 0.15) is 130 Å². The Bertz CT molecular complexity index is 2210. The first kappa shape index (κ1) is 32.9. The summed E-state index contributed by atoms with van der Waals surface area (Å²) in [5, 5.41) is 0. The predicted molar refractivity (Wildman–Crippen MR) is 220 cm³/mol. The maximum Gasteiger partial charge on any atom is 0.123 e. The largest absolute Gasteiger partial charge is 0.493 e. The van der Waals surface area contributed by atoms with Gasteiger partial charge in [-0.3, -0.25) is 9.98 Å². The van der Waals surface area contributed by atoms with Crippen LogP contribution in [-0.4, -0.2) is 25.6 Å². The lowest BCUT2D eigenvalue weighted by atomic mass is 9.60. The molecular weight excluding hydrogens is 661 g/mol. The van der Waals surface area contributed by atoms with Gasteiger partial charge in [0.2, 0.25) is 0 Å². The van der Waals surface area contributed by atoms with E-state index in [1.165, 1.54) is 66.8 Å². The molecule has 0 fully saturated rings. The van der Waals surface area contributed by atoms with Gasteiger partial charge in [0.1, 0.15) is 11.5 Å². The first-order chi connectivity index (χ1) is 26.8. The van der Waals surface area contributed by atoms with Crippen molar-refractivity contribution in [2.24, 2.45) is 9.98 Å². The quantitative estimate of drug-likeness (QED) is 0.0993. The van der Waals surface area contributed by atoms with E-state index in [0.29, 0.717) is 13.2 Å². The van der Waals surface area contributed by atoms with Gasteiger partial charge in [-0.25, -0.2) is 0 Å². The molecule has 4 nitrogen and oxygen atoms in total. The van der Waals surface area contributed by atoms with E-state index in [9.17, 15) is 0 Å². The normalized spacial score (nSPS) is 19.2. The molecule has 0 heterocycles. The van der Waals surface area contributed by atoms with Crippen LogP contribution in [0, 0.1) is 0 Å². The van der Waals surface area contributed by atoms with Gasteiger partial charge in [0, 0.05) is 47.2 Å². The second-order valence-corrected chi connectivity index (χ2v) is 15.0. The molecule has 4 bridgehead atoms. The fourth-order valence-electron chi connectivity index (χ4n) is 9.83. The number of benzene rings is 6. The highest BCUT2D eigenvalue weighted by Gasteiger charge is 2.45. The lowest BCUT2D eigenvalue weighted by molar-refractivity contribution is 0.304. The summed E-state index contributed by atoms with van der Waals surface area (Å²) >= 11 is 0. The molecule has 0 aliphatic heterocycles. The first-order valence-corrected chi connectivity index (χ1v) is 19.8. The van der Waals surface area contributed by atoms with E-state index in [1.807, 2.05) is 12.4 Å². The van der Waals surface area contributed by atoms with Gasteiger partial charge in [-0.05, 0) is 92.7 Å². The summed E-state index contributed by atoms with van der Waals surface area (Å²) in [5.41, 5.74) is 18.0. The number of hydrogen-bond donors (Lipinski definition) is 0. The second-order valence-electron chi connectivity index (χ2n) is 15.0. The molecule has 0 saturated heterocycles. The molecule has 266 valence electrons. The zero-order valence-corrected chi connectivity index (χ0v) is 31.0.